The van der Waals surface area contributed by atoms with Crippen molar-refractivity contribution in [2.45, 2.75) is 45.4 Å². The van der Waals surface area contributed by atoms with Crippen LogP contribution in [0.2, 0.25) is 0 Å². The number of carbonyl (C=O) groups is 2. The topological polar surface area (TPSA) is 79.7 Å². The number of carboxylic acid groups (broad SMARTS) is 1. The lowest BCUT2D eigenvalue weighted by Crippen LogP contribution is -2.33. The van der Waals surface area contributed by atoms with Gasteiger partial charge >= 0.3 is 5.97 Å². The Hall–Kier alpha value is -3.15. The minimum atomic E-state index is -0.923. The van der Waals surface area contributed by atoms with Crippen LogP contribution in [0.15, 0.2) is 54.7 Å². The summed E-state index contributed by atoms with van der Waals surface area (Å²) in [4.78, 5) is 31.0. The van der Waals surface area contributed by atoms with Crippen LogP contribution in [-0.4, -0.2) is 46.6 Å². The van der Waals surface area contributed by atoms with E-state index in [9.17, 15) is 14.7 Å². The molecule has 0 spiro atoms. The Morgan fingerprint density at radius 1 is 1.06 bits per heavy atom. The predicted molar refractivity (Wildman–Crippen MR) is 131 cm³/mol. The first-order valence-electron chi connectivity index (χ1n) is 12.3. The molecule has 1 aromatic carbocycles. The Balaban J connectivity index is 1.25. The number of aryl methyl sites for hydroxylation is 1. The molecule has 1 aromatic heterocycles. The molecule has 1 fully saturated rings. The SMILES string of the molecule is CCc1ccc(CCOc2ccc(CC(CC(=O)N3C[C@H]4CC=CC[C@H]4C3)C(=O)O)cc2)nc1. The molecule has 6 nitrogen and oxygen atoms in total. The molecule has 3 atom stereocenters. The van der Waals surface area contributed by atoms with Crippen LogP contribution in [0.3, 0.4) is 0 Å². The molecule has 1 saturated heterocycles. The Bertz CT molecular complexity index is 984. The number of nitrogens with zero attached hydrogens (tertiary/aromatic N) is 2. The van der Waals surface area contributed by atoms with E-state index in [2.05, 4.69) is 30.1 Å². The number of carbonyl (C=O) groups excluding carboxylic acids is 1. The molecule has 0 saturated carbocycles. The van der Waals surface area contributed by atoms with Gasteiger partial charge in [-0.2, -0.15) is 0 Å². The van der Waals surface area contributed by atoms with Gasteiger partial charge in [0.15, 0.2) is 0 Å². The molecule has 1 aliphatic heterocycles. The van der Waals surface area contributed by atoms with Gasteiger partial charge in [-0.15, -0.1) is 0 Å². The van der Waals surface area contributed by atoms with Gasteiger partial charge in [-0.3, -0.25) is 14.6 Å². The fourth-order valence-electron chi connectivity index (χ4n) is 4.90. The van der Waals surface area contributed by atoms with Crippen LogP contribution < -0.4 is 4.74 Å². The zero-order chi connectivity index (χ0) is 23.9. The highest BCUT2D eigenvalue weighted by molar-refractivity contribution is 5.82. The van der Waals surface area contributed by atoms with Gasteiger partial charge in [0, 0.05) is 37.8 Å². The molecule has 0 radical (unpaired) electrons. The number of aliphatic carboxylic acids is 1. The summed E-state index contributed by atoms with van der Waals surface area (Å²) < 4.78 is 5.83. The van der Waals surface area contributed by atoms with Gasteiger partial charge < -0.3 is 14.7 Å². The molecule has 2 aliphatic rings. The number of amides is 1. The van der Waals surface area contributed by atoms with Crippen molar-refractivity contribution in [3.63, 3.8) is 0 Å². The van der Waals surface area contributed by atoms with Crippen molar-refractivity contribution in [1.82, 2.24) is 9.88 Å². The Kier molecular flexibility index (Phi) is 7.99. The van der Waals surface area contributed by atoms with Gasteiger partial charge in [0.1, 0.15) is 5.75 Å². The highest BCUT2D eigenvalue weighted by Gasteiger charge is 2.36. The van der Waals surface area contributed by atoms with E-state index in [1.54, 1.807) is 0 Å². The molecule has 6 heteroatoms. The van der Waals surface area contributed by atoms with Crippen LogP contribution in [0.4, 0.5) is 0 Å². The first-order chi connectivity index (χ1) is 16.5. The number of likely N-dealkylation sites (tertiary alicyclic amines) is 1. The average Bonchev–Trinajstić information content (AvgIpc) is 3.29. The average molecular weight is 463 g/mol. The lowest BCUT2D eigenvalue weighted by Gasteiger charge is -2.19. The van der Waals surface area contributed by atoms with E-state index in [1.807, 2.05) is 41.4 Å². The first-order valence-corrected chi connectivity index (χ1v) is 12.3. The van der Waals surface area contributed by atoms with Crippen molar-refractivity contribution in [3.8, 4) is 5.75 Å². The molecule has 4 rings (SSSR count). The highest BCUT2D eigenvalue weighted by Crippen LogP contribution is 2.33. The van der Waals surface area contributed by atoms with Crippen LogP contribution in [0, 0.1) is 17.8 Å². The fraction of sp³-hybridized carbons (Fsp3) is 0.464. The Morgan fingerprint density at radius 3 is 2.32 bits per heavy atom. The quantitative estimate of drug-likeness (QED) is 0.532. The number of rotatable bonds is 10. The fourth-order valence-corrected chi connectivity index (χ4v) is 4.90. The maximum Gasteiger partial charge on any atom is 0.307 e. The maximum absolute atomic E-state index is 12.8. The van der Waals surface area contributed by atoms with E-state index in [-0.39, 0.29) is 12.3 Å². The van der Waals surface area contributed by atoms with Gasteiger partial charge in [-0.05, 0) is 66.8 Å². The number of carboxylic acids is 1. The lowest BCUT2D eigenvalue weighted by molar-refractivity contribution is -0.145. The molecular weight excluding hydrogens is 428 g/mol. The molecule has 2 heterocycles. The lowest BCUT2D eigenvalue weighted by atomic mass is 9.86. The molecule has 34 heavy (non-hydrogen) atoms. The number of allylic oxidation sites excluding steroid dienone is 2. The summed E-state index contributed by atoms with van der Waals surface area (Å²) in [6, 6.07) is 11.6. The van der Waals surface area contributed by atoms with E-state index in [1.165, 1.54) is 5.56 Å². The number of ether oxygens (including phenoxy) is 1. The standard InChI is InChI=1S/C28H34N2O4/c1-2-20-7-10-25(29-17-20)13-14-34-26-11-8-21(9-12-26)15-24(28(32)33)16-27(31)30-18-22-5-3-4-6-23(22)19-30/h3-4,7-12,17,22-24H,2,5-6,13-16,18-19H2,1H3,(H,32,33)/t22-,23+,24?. The van der Waals surface area contributed by atoms with Crippen molar-refractivity contribution in [2.24, 2.45) is 17.8 Å². The number of aromatic nitrogens is 1. The van der Waals surface area contributed by atoms with E-state index in [0.29, 0.717) is 24.9 Å². The summed E-state index contributed by atoms with van der Waals surface area (Å²) in [5.74, 6) is 0.103. The van der Waals surface area contributed by atoms with E-state index in [0.717, 1.165) is 55.8 Å². The van der Waals surface area contributed by atoms with Crippen molar-refractivity contribution in [3.05, 3.63) is 71.6 Å². The van der Waals surface area contributed by atoms with Gasteiger partial charge in [0.05, 0.1) is 12.5 Å². The summed E-state index contributed by atoms with van der Waals surface area (Å²) in [7, 11) is 0. The molecule has 0 bridgehead atoms. The minimum Gasteiger partial charge on any atom is -0.493 e. The monoisotopic (exact) mass is 462 g/mol. The number of benzene rings is 1. The molecule has 2 aromatic rings. The largest absolute Gasteiger partial charge is 0.493 e. The van der Waals surface area contributed by atoms with Crippen LogP contribution in [0.25, 0.3) is 0 Å². The third-order valence-corrected chi connectivity index (χ3v) is 7.07. The Morgan fingerprint density at radius 2 is 1.74 bits per heavy atom. The second-order valence-electron chi connectivity index (χ2n) is 9.46. The molecule has 1 amide bonds. The molecule has 180 valence electrons. The van der Waals surface area contributed by atoms with Crippen molar-refractivity contribution in [1.29, 1.82) is 0 Å². The van der Waals surface area contributed by atoms with Gasteiger partial charge in [0.2, 0.25) is 5.91 Å². The van der Waals surface area contributed by atoms with Gasteiger partial charge in [-0.1, -0.05) is 37.3 Å². The third-order valence-electron chi connectivity index (χ3n) is 7.07. The predicted octanol–water partition coefficient (Wildman–Crippen LogP) is 4.32. The number of hydrogen-bond donors (Lipinski definition) is 1. The van der Waals surface area contributed by atoms with E-state index >= 15 is 0 Å². The van der Waals surface area contributed by atoms with Gasteiger partial charge in [-0.25, -0.2) is 0 Å². The minimum absolute atomic E-state index is 0.0395. The molecule has 1 unspecified atom stereocenters. The third kappa shape index (κ3) is 6.25. The number of fused-ring (bicyclic) bond motifs is 1. The zero-order valence-corrected chi connectivity index (χ0v) is 19.9. The summed E-state index contributed by atoms with van der Waals surface area (Å²) in [5.41, 5.74) is 3.11. The van der Waals surface area contributed by atoms with E-state index in [4.69, 9.17) is 4.74 Å². The van der Waals surface area contributed by atoms with Crippen molar-refractivity contribution in [2.75, 3.05) is 19.7 Å². The second kappa shape index (κ2) is 11.3. The Labute approximate surface area is 201 Å². The number of hydrogen-bond acceptors (Lipinski definition) is 4. The van der Waals surface area contributed by atoms with Crippen LogP contribution in [0.1, 0.15) is 43.0 Å². The highest BCUT2D eigenvalue weighted by atomic mass is 16.5. The van der Waals surface area contributed by atoms with Crippen LogP contribution in [-0.2, 0) is 28.9 Å². The van der Waals surface area contributed by atoms with Crippen molar-refractivity contribution >= 4 is 11.9 Å². The normalized spacial score (nSPS) is 20.1. The summed E-state index contributed by atoms with van der Waals surface area (Å²) in [5, 5.41) is 9.73. The summed E-state index contributed by atoms with van der Waals surface area (Å²) in [6.07, 6.45) is 10.4. The van der Waals surface area contributed by atoms with Crippen molar-refractivity contribution < 1.29 is 19.4 Å². The van der Waals surface area contributed by atoms with Crippen LogP contribution in [0.5, 0.6) is 5.75 Å². The van der Waals surface area contributed by atoms with Gasteiger partial charge in [0.25, 0.3) is 0 Å². The van der Waals surface area contributed by atoms with E-state index < -0.39 is 11.9 Å². The second-order valence-corrected chi connectivity index (χ2v) is 9.46. The summed E-state index contributed by atoms with van der Waals surface area (Å²) >= 11 is 0. The number of pyridine rings is 1. The first kappa shape index (κ1) is 24.0. The molecular formula is C28H34N2O4. The van der Waals surface area contributed by atoms with Crippen LogP contribution >= 0.6 is 0 Å². The zero-order valence-electron chi connectivity index (χ0n) is 19.9. The smallest absolute Gasteiger partial charge is 0.307 e. The molecule has 1 N–H and O–H groups in total. The summed E-state index contributed by atoms with van der Waals surface area (Å²) in [6.45, 7) is 4.14. The molecule has 1 aliphatic carbocycles. The maximum atomic E-state index is 12.8.